The van der Waals surface area contributed by atoms with Gasteiger partial charge in [0.1, 0.15) is 0 Å². The van der Waals surface area contributed by atoms with Crippen LogP contribution in [0.3, 0.4) is 0 Å². The van der Waals surface area contributed by atoms with Gasteiger partial charge in [0.2, 0.25) is 0 Å². The van der Waals surface area contributed by atoms with E-state index in [0.717, 1.165) is 51.2 Å². The van der Waals surface area contributed by atoms with Gasteiger partial charge in [-0.15, -0.1) is 0 Å². The highest BCUT2D eigenvalue weighted by atomic mass is 35.5. The first-order valence-corrected chi connectivity index (χ1v) is 10.4. The number of allylic oxidation sites excluding steroid dienone is 1. The van der Waals surface area contributed by atoms with E-state index in [9.17, 15) is 4.79 Å². The largest absolute Gasteiger partial charge is 0.478 e. The van der Waals surface area contributed by atoms with E-state index < -0.39 is 5.97 Å². The Bertz CT molecular complexity index is 1290. The molecule has 5 heteroatoms. The molecule has 0 spiro atoms. The summed E-state index contributed by atoms with van der Waals surface area (Å²) in [5.74, 6) is -0.965. The number of fused-ring (bicyclic) bond motifs is 1. The second kappa shape index (κ2) is 9.02. The molecule has 0 saturated carbocycles. The van der Waals surface area contributed by atoms with Crippen LogP contribution in [0, 0.1) is 0 Å². The highest BCUT2D eigenvalue weighted by Crippen LogP contribution is 2.36. The summed E-state index contributed by atoms with van der Waals surface area (Å²) in [4.78, 5) is 10.8. The number of aliphatic carboxylic acids is 1. The lowest BCUT2D eigenvalue weighted by atomic mass is 9.87. The van der Waals surface area contributed by atoms with Gasteiger partial charge in [0.05, 0.1) is 5.52 Å². The molecule has 4 rings (SSSR count). The number of carboxylic acid groups (broad SMARTS) is 1. The highest BCUT2D eigenvalue weighted by Gasteiger charge is 2.15. The number of nitrogens with zero attached hydrogens (tertiary/aromatic N) is 1. The Kier molecular flexibility index (Phi) is 6.01. The first-order valence-electron chi connectivity index (χ1n) is 10.0. The maximum absolute atomic E-state index is 10.8. The number of hydrogen-bond acceptors (Lipinski definition) is 2. The fourth-order valence-corrected chi connectivity index (χ4v) is 3.94. The maximum Gasteiger partial charge on any atom is 0.328 e. The van der Waals surface area contributed by atoms with Gasteiger partial charge in [-0.3, -0.25) is 5.10 Å². The molecule has 4 nitrogen and oxygen atoms in total. The molecule has 1 aromatic heterocycles. The van der Waals surface area contributed by atoms with Gasteiger partial charge in [-0.2, -0.15) is 5.10 Å². The molecule has 31 heavy (non-hydrogen) atoms. The van der Waals surface area contributed by atoms with Crippen molar-refractivity contribution in [3.05, 3.63) is 106 Å². The summed E-state index contributed by atoms with van der Waals surface area (Å²) in [7, 11) is 0. The second-order valence-electron chi connectivity index (χ2n) is 7.14. The van der Waals surface area contributed by atoms with Crippen molar-refractivity contribution < 1.29 is 9.90 Å². The number of aromatic amines is 1. The van der Waals surface area contributed by atoms with Crippen molar-refractivity contribution in [1.29, 1.82) is 0 Å². The van der Waals surface area contributed by atoms with Gasteiger partial charge in [-0.05, 0) is 58.0 Å². The van der Waals surface area contributed by atoms with Crippen LogP contribution in [0.2, 0.25) is 5.15 Å². The topological polar surface area (TPSA) is 66.0 Å². The number of halogens is 1. The van der Waals surface area contributed by atoms with E-state index in [0.29, 0.717) is 5.15 Å². The average Bonchev–Trinajstić information content (AvgIpc) is 3.17. The summed E-state index contributed by atoms with van der Waals surface area (Å²) in [5, 5.41) is 17.3. The molecular formula is C26H21ClN2O2. The molecule has 0 aliphatic rings. The monoisotopic (exact) mass is 428 g/mol. The highest BCUT2D eigenvalue weighted by molar-refractivity contribution is 6.34. The van der Waals surface area contributed by atoms with Crippen molar-refractivity contribution in [2.75, 3.05) is 0 Å². The Hall–Kier alpha value is -3.63. The van der Waals surface area contributed by atoms with Crippen LogP contribution in [0.25, 0.3) is 28.1 Å². The number of carboxylic acids is 1. The van der Waals surface area contributed by atoms with Gasteiger partial charge >= 0.3 is 5.97 Å². The molecule has 0 bridgehead atoms. The number of hydrogen-bond donors (Lipinski definition) is 2. The van der Waals surface area contributed by atoms with Crippen molar-refractivity contribution in [2.45, 2.75) is 13.3 Å². The van der Waals surface area contributed by atoms with Crippen LogP contribution in [-0.2, 0) is 4.79 Å². The smallest absolute Gasteiger partial charge is 0.328 e. The maximum atomic E-state index is 10.8. The Balaban J connectivity index is 1.91. The molecule has 2 N–H and O–H groups in total. The zero-order chi connectivity index (χ0) is 21.8. The average molecular weight is 429 g/mol. The number of rotatable bonds is 6. The molecule has 0 fully saturated rings. The molecule has 0 atom stereocenters. The van der Waals surface area contributed by atoms with Crippen LogP contribution in [0.5, 0.6) is 0 Å². The molecular weight excluding hydrogens is 408 g/mol. The first kappa shape index (κ1) is 20.6. The molecule has 4 aromatic rings. The molecule has 154 valence electrons. The first-order chi connectivity index (χ1) is 15.1. The van der Waals surface area contributed by atoms with Crippen molar-refractivity contribution in [1.82, 2.24) is 10.2 Å². The minimum Gasteiger partial charge on any atom is -0.478 e. The Morgan fingerprint density at radius 1 is 1.00 bits per heavy atom. The SMILES string of the molecule is CC/C(=C(/c1ccc(/C=C/C(=O)O)cc1)c1ccc2[nH]nc(Cl)c2c1)c1ccccc1. The van der Waals surface area contributed by atoms with E-state index in [4.69, 9.17) is 16.7 Å². The lowest BCUT2D eigenvalue weighted by Crippen LogP contribution is -1.95. The van der Waals surface area contributed by atoms with Crippen LogP contribution in [0.15, 0.2) is 78.9 Å². The zero-order valence-electron chi connectivity index (χ0n) is 17.0. The van der Waals surface area contributed by atoms with E-state index in [1.807, 2.05) is 48.5 Å². The number of carbonyl (C=O) groups is 1. The zero-order valence-corrected chi connectivity index (χ0v) is 17.7. The van der Waals surface area contributed by atoms with Crippen molar-refractivity contribution >= 4 is 45.7 Å². The minimum atomic E-state index is -0.965. The van der Waals surface area contributed by atoms with Crippen molar-refractivity contribution in [3.8, 4) is 0 Å². The van der Waals surface area contributed by atoms with Crippen molar-refractivity contribution in [2.24, 2.45) is 0 Å². The number of aromatic nitrogens is 2. The summed E-state index contributed by atoms with van der Waals surface area (Å²) < 4.78 is 0. The van der Waals surface area contributed by atoms with E-state index >= 15 is 0 Å². The van der Waals surface area contributed by atoms with Gasteiger partial charge in [-0.1, -0.05) is 79.2 Å². The number of benzene rings is 3. The molecule has 0 saturated heterocycles. The predicted molar refractivity (Wildman–Crippen MR) is 127 cm³/mol. The summed E-state index contributed by atoms with van der Waals surface area (Å²) in [6.07, 6.45) is 3.57. The minimum absolute atomic E-state index is 0.447. The molecule has 3 aromatic carbocycles. The Labute approximate surface area is 185 Å². The number of nitrogens with one attached hydrogen (secondary N) is 1. The molecule has 0 radical (unpaired) electrons. The van der Waals surface area contributed by atoms with Crippen LogP contribution in [0.4, 0.5) is 0 Å². The van der Waals surface area contributed by atoms with Gasteiger partial charge in [0, 0.05) is 11.5 Å². The normalized spacial score (nSPS) is 12.3. The fourth-order valence-electron chi connectivity index (χ4n) is 3.75. The molecule has 0 amide bonds. The van der Waals surface area contributed by atoms with Crippen LogP contribution >= 0.6 is 11.6 Å². The van der Waals surface area contributed by atoms with Gasteiger partial charge in [0.15, 0.2) is 5.15 Å². The molecule has 0 aliphatic carbocycles. The third-order valence-corrected chi connectivity index (χ3v) is 5.49. The third-order valence-electron chi connectivity index (χ3n) is 5.20. The van der Waals surface area contributed by atoms with Gasteiger partial charge in [0.25, 0.3) is 0 Å². The van der Waals surface area contributed by atoms with E-state index in [-0.39, 0.29) is 0 Å². The lowest BCUT2D eigenvalue weighted by Gasteiger charge is -2.17. The summed E-state index contributed by atoms with van der Waals surface area (Å²) in [6.45, 7) is 2.15. The van der Waals surface area contributed by atoms with E-state index in [2.05, 4.69) is 41.4 Å². The van der Waals surface area contributed by atoms with Crippen LogP contribution in [0.1, 0.15) is 35.6 Å². The standard InChI is InChI=1S/C26H21ClN2O2/c1-2-21(18-6-4-3-5-7-18)25(19-11-8-17(9-12-19)10-15-24(30)31)20-13-14-23-22(16-20)26(27)29-28-23/h3-16H,2H2,1H3,(H,28,29)(H,30,31)/b15-10+,25-21+. The van der Waals surface area contributed by atoms with E-state index in [1.165, 1.54) is 5.57 Å². The predicted octanol–water partition coefficient (Wildman–Crippen LogP) is 6.68. The van der Waals surface area contributed by atoms with Gasteiger partial charge in [-0.25, -0.2) is 4.79 Å². The van der Waals surface area contributed by atoms with E-state index in [1.54, 1.807) is 6.08 Å². The Morgan fingerprint density at radius 3 is 2.39 bits per heavy atom. The van der Waals surface area contributed by atoms with Crippen molar-refractivity contribution in [3.63, 3.8) is 0 Å². The van der Waals surface area contributed by atoms with Gasteiger partial charge < -0.3 is 5.11 Å². The summed E-state index contributed by atoms with van der Waals surface area (Å²) >= 11 is 6.29. The molecule has 1 heterocycles. The third kappa shape index (κ3) is 4.44. The molecule has 0 aliphatic heterocycles. The van der Waals surface area contributed by atoms with Crippen LogP contribution in [-0.4, -0.2) is 21.3 Å². The second-order valence-corrected chi connectivity index (χ2v) is 7.50. The molecule has 0 unspecified atom stereocenters. The quantitative estimate of drug-likeness (QED) is 0.266. The number of H-pyrrole nitrogens is 1. The van der Waals surface area contributed by atoms with Crippen LogP contribution < -0.4 is 0 Å². The summed E-state index contributed by atoms with van der Waals surface area (Å²) in [6, 6.07) is 24.4. The Morgan fingerprint density at radius 2 is 1.71 bits per heavy atom. The fraction of sp³-hybridized carbons (Fsp3) is 0.0769. The lowest BCUT2D eigenvalue weighted by molar-refractivity contribution is -0.131. The summed E-state index contributed by atoms with van der Waals surface area (Å²) in [5.41, 5.74) is 7.30.